The van der Waals surface area contributed by atoms with Crippen LogP contribution in [0.2, 0.25) is 0 Å². The third-order valence-electron chi connectivity index (χ3n) is 6.01. The van der Waals surface area contributed by atoms with Gasteiger partial charge in [-0.1, -0.05) is 35.9 Å². The van der Waals surface area contributed by atoms with E-state index in [-0.39, 0.29) is 12.5 Å². The van der Waals surface area contributed by atoms with Gasteiger partial charge in [0.15, 0.2) is 11.5 Å². The van der Waals surface area contributed by atoms with Gasteiger partial charge in [0, 0.05) is 11.2 Å². The van der Waals surface area contributed by atoms with E-state index in [0.717, 1.165) is 26.8 Å². The quantitative estimate of drug-likeness (QED) is 0.301. The summed E-state index contributed by atoms with van der Waals surface area (Å²) in [6, 6.07) is 20.8. The second-order valence-electron chi connectivity index (χ2n) is 8.78. The van der Waals surface area contributed by atoms with Crippen molar-refractivity contribution in [1.29, 1.82) is 0 Å². The zero-order valence-corrected chi connectivity index (χ0v) is 22.9. The summed E-state index contributed by atoms with van der Waals surface area (Å²) in [5, 5.41) is 3.79. The lowest BCUT2D eigenvalue weighted by Crippen LogP contribution is -2.29. The molecule has 0 aliphatic heterocycles. The highest BCUT2D eigenvalue weighted by atomic mass is 32.2. The molecule has 0 fully saturated rings. The van der Waals surface area contributed by atoms with Crippen molar-refractivity contribution in [2.24, 2.45) is 0 Å². The summed E-state index contributed by atoms with van der Waals surface area (Å²) in [5.41, 5.74) is 3.60. The minimum absolute atomic E-state index is 0.164. The molecular formula is C28H30N2O5S2. The average Bonchev–Trinajstić information content (AvgIpc) is 3.31. The van der Waals surface area contributed by atoms with Crippen LogP contribution < -0.4 is 19.1 Å². The first-order valence-corrected chi connectivity index (χ1v) is 14.4. The Morgan fingerprint density at radius 1 is 0.919 bits per heavy atom. The van der Waals surface area contributed by atoms with Crippen LogP contribution in [0.3, 0.4) is 0 Å². The Labute approximate surface area is 221 Å². The molecule has 0 saturated carbocycles. The molecule has 37 heavy (non-hydrogen) atoms. The van der Waals surface area contributed by atoms with Crippen molar-refractivity contribution < 1.29 is 22.7 Å². The number of carbonyl (C=O) groups excluding carboxylic acids is 1. The zero-order chi connectivity index (χ0) is 26.6. The molecule has 0 spiro atoms. The van der Waals surface area contributed by atoms with Crippen LogP contribution in [0, 0.1) is 6.92 Å². The summed E-state index contributed by atoms with van der Waals surface area (Å²) in [6.45, 7) is 2.69. The van der Waals surface area contributed by atoms with Crippen LogP contribution in [-0.2, 0) is 23.0 Å². The van der Waals surface area contributed by atoms with E-state index < -0.39 is 10.0 Å². The fourth-order valence-electron chi connectivity index (χ4n) is 4.00. The maximum atomic E-state index is 12.8. The molecule has 7 nitrogen and oxygen atoms in total. The van der Waals surface area contributed by atoms with Gasteiger partial charge < -0.3 is 14.8 Å². The van der Waals surface area contributed by atoms with E-state index in [1.165, 1.54) is 21.9 Å². The Kier molecular flexibility index (Phi) is 8.04. The number of anilines is 1. The lowest BCUT2D eigenvalue weighted by molar-refractivity contribution is 0.0958. The van der Waals surface area contributed by atoms with E-state index in [1.807, 2.05) is 67.6 Å². The minimum atomic E-state index is -3.51. The van der Waals surface area contributed by atoms with Gasteiger partial charge >= 0.3 is 0 Å². The third kappa shape index (κ3) is 6.42. The monoisotopic (exact) mass is 538 g/mol. The number of nitrogens with one attached hydrogen (secondary N) is 1. The number of ether oxygens (including phenoxy) is 2. The summed E-state index contributed by atoms with van der Waals surface area (Å²) in [7, 11) is -0.329. The van der Waals surface area contributed by atoms with Gasteiger partial charge in [0.2, 0.25) is 10.0 Å². The summed E-state index contributed by atoms with van der Waals surface area (Å²) in [5.74, 6) is 1.15. The highest BCUT2D eigenvalue weighted by Gasteiger charge is 2.19. The number of hydrogen-bond acceptors (Lipinski definition) is 6. The Balaban J connectivity index is 1.47. The van der Waals surface area contributed by atoms with Crippen molar-refractivity contribution in [1.82, 2.24) is 5.32 Å². The van der Waals surface area contributed by atoms with E-state index in [9.17, 15) is 13.2 Å². The molecule has 3 aromatic carbocycles. The molecule has 0 radical (unpaired) electrons. The molecule has 1 amide bonds. The first-order valence-electron chi connectivity index (χ1n) is 11.7. The number of rotatable bonds is 10. The molecule has 4 rings (SSSR count). The van der Waals surface area contributed by atoms with Gasteiger partial charge in [-0.15, -0.1) is 11.3 Å². The number of fused-ring (bicyclic) bond motifs is 1. The molecule has 9 heteroatoms. The lowest BCUT2D eigenvalue weighted by Gasteiger charge is -2.22. The molecule has 0 aliphatic carbocycles. The van der Waals surface area contributed by atoms with Crippen LogP contribution in [0.1, 0.15) is 26.4 Å². The fourth-order valence-corrected chi connectivity index (χ4v) is 5.84. The SMILES string of the molecule is COc1ccc(CCNC(=O)c2cc3cc(N(Cc4ccc(C)cc4)S(C)(=O)=O)ccc3s2)cc1OC. The van der Waals surface area contributed by atoms with Crippen LogP contribution >= 0.6 is 11.3 Å². The van der Waals surface area contributed by atoms with E-state index in [2.05, 4.69) is 5.32 Å². The van der Waals surface area contributed by atoms with Crippen molar-refractivity contribution in [3.8, 4) is 11.5 Å². The number of benzene rings is 3. The molecular weight excluding hydrogens is 508 g/mol. The highest BCUT2D eigenvalue weighted by Crippen LogP contribution is 2.31. The molecule has 0 saturated heterocycles. The largest absolute Gasteiger partial charge is 0.493 e. The van der Waals surface area contributed by atoms with Crippen LogP contribution in [0.5, 0.6) is 11.5 Å². The first kappa shape index (κ1) is 26.5. The van der Waals surface area contributed by atoms with E-state index in [0.29, 0.717) is 35.0 Å². The molecule has 1 heterocycles. The Hall–Kier alpha value is -3.56. The number of methoxy groups -OCH3 is 2. The number of sulfonamides is 1. The van der Waals surface area contributed by atoms with Crippen molar-refractivity contribution in [2.75, 3.05) is 31.3 Å². The average molecular weight is 539 g/mol. The molecule has 4 aromatic rings. The second kappa shape index (κ2) is 11.2. The zero-order valence-electron chi connectivity index (χ0n) is 21.3. The molecule has 0 aliphatic rings. The molecule has 1 aromatic heterocycles. The Morgan fingerprint density at radius 3 is 2.30 bits per heavy atom. The highest BCUT2D eigenvalue weighted by molar-refractivity contribution is 7.92. The maximum absolute atomic E-state index is 12.8. The van der Waals surface area contributed by atoms with Gasteiger partial charge in [-0.05, 0) is 66.3 Å². The predicted molar refractivity (Wildman–Crippen MR) is 150 cm³/mol. The number of hydrogen-bond donors (Lipinski definition) is 1. The Morgan fingerprint density at radius 2 is 1.62 bits per heavy atom. The molecule has 0 bridgehead atoms. The lowest BCUT2D eigenvalue weighted by atomic mass is 10.1. The number of amides is 1. The van der Waals surface area contributed by atoms with Crippen molar-refractivity contribution in [2.45, 2.75) is 19.9 Å². The number of thiophene rings is 1. The summed E-state index contributed by atoms with van der Waals surface area (Å²) < 4.78 is 38.1. The summed E-state index contributed by atoms with van der Waals surface area (Å²) in [4.78, 5) is 13.4. The maximum Gasteiger partial charge on any atom is 0.261 e. The predicted octanol–water partition coefficient (Wildman–Crippen LogP) is 5.17. The summed E-state index contributed by atoms with van der Waals surface area (Å²) >= 11 is 1.38. The van der Waals surface area contributed by atoms with Crippen LogP contribution in [0.15, 0.2) is 66.7 Å². The minimum Gasteiger partial charge on any atom is -0.493 e. The first-order chi connectivity index (χ1) is 17.7. The molecule has 0 atom stereocenters. The van der Waals surface area contributed by atoms with Crippen molar-refractivity contribution >= 4 is 43.0 Å². The standard InChI is InChI=1S/C28H30N2O5S2/c1-19-5-7-21(8-6-19)18-30(37(4,32)33)23-10-12-26-22(16-23)17-27(36-26)28(31)29-14-13-20-9-11-24(34-2)25(15-20)35-3/h5-12,15-17H,13-14,18H2,1-4H3,(H,29,31). The third-order valence-corrected chi connectivity index (χ3v) is 8.26. The van der Waals surface area contributed by atoms with Crippen molar-refractivity contribution in [3.05, 3.63) is 88.3 Å². The summed E-state index contributed by atoms with van der Waals surface area (Å²) in [6.07, 6.45) is 1.85. The second-order valence-corrected chi connectivity index (χ2v) is 11.8. The normalized spacial score (nSPS) is 11.4. The van der Waals surface area contributed by atoms with Crippen LogP contribution in [0.4, 0.5) is 5.69 Å². The van der Waals surface area contributed by atoms with Crippen molar-refractivity contribution in [3.63, 3.8) is 0 Å². The number of nitrogens with zero attached hydrogens (tertiary/aromatic N) is 1. The topological polar surface area (TPSA) is 84.9 Å². The van der Waals surface area contributed by atoms with Crippen LogP contribution in [-0.4, -0.2) is 41.3 Å². The van der Waals surface area contributed by atoms with Gasteiger partial charge in [0.1, 0.15) is 0 Å². The van der Waals surface area contributed by atoms with Crippen LogP contribution in [0.25, 0.3) is 10.1 Å². The number of carbonyl (C=O) groups is 1. The Bertz CT molecular complexity index is 1510. The molecule has 194 valence electrons. The molecule has 0 unspecified atom stereocenters. The fraction of sp³-hybridized carbons (Fsp3) is 0.250. The molecule has 1 N–H and O–H groups in total. The van der Waals surface area contributed by atoms with Gasteiger partial charge in [-0.25, -0.2) is 8.42 Å². The van der Waals surface area contributed by atoms with Gasteiger partial charge in [0.25, 0.3) is 5.91 Å². The van der Waals surface area contributed by atoms with E-state index in [1.54, 1.807) is 20.3 Å². The van der Waals surface area contributed by atoms with Gasteiger partial charge in [-0.2, -0.15) is 0 Å². The van der Waals surface area contributed by atoms with E-state index in [4.69, 9.17) is 9.47 Å². The van der Waals surface area contributed by atoms with Gasteiger partial charge in [-0.3, -0.25) is 9.10 Å². The smallest absolute Gasteiger partial charge is 0.261 e. The number of aryl methyl sites for hydroxylation is 1. The van der Waals surface area contributed by atoms with Gasteiger partial charge in [0.05, 0.1) is 37.6 Å². The van der Waals surface area contributed by atoms with E-state index >= 15 is 0 Å².